The van der Waals surface area contributed by atoms with E-state index in [-0.39, 0.29) is 16.8 Å². The van der Waals surface area contributed by atoms with Crippen molar-refractivity contribution in [2.75, 3.05) is 12.4 Å². The lowest BCUT2D eigenvalue weighted by atomic mass is 10.0. The van der Waals surface area contributed by atoms with Gasteiger partial charge in [0.05, 0.1) is 25.4 Å². The fraction of sp³-hybridized carbons (Fsp3) is 0.133. The van der Waals surface area contributed by atoms with E-state index >= 15 is 0 Å². The average Bonchev–Trinajstić information content (AvgIpc) is 2.96. The molecule has 0 atom stereocenters. The number of hydrogen-bond acceptors (Lipinski definition) is 6. The van der Waals surface area contributed by atoms with E-state index in [2.05, 4.69) is 15.3 Å². The number of methoxy groups -OCH3 is 1. The zero-order chi connectivity index (χ0) is 29.1. The molecule has 0 saturated carbocycles. The fourth-order valence-electron chi connectivity index (χ4n) is 4.32. The summed E-state index contributed by atoms with van der Waals surface area (Å²) < 4.78 is 52.4. The largest absolute Gasteiger partial charge is 0.495 e. The van der Waals surface area contributed by atoms with Gasteiger partial charge < -0.3 is 19.4 Å². The molecule has 0 unspecified atom stereocenters. The van der Waals surface area contributed by atoms with Crippen molar-refractivity contribution in [1.82, 2.24) is 14.5 Å². The highest BCUT2D eigenvalue weighted by Crippen LogP contribution is 2.30. The smallest absolute Gasteiger partial charge is 0.261 e. The molecule has 1 N–H and O–H groups in total. The van der Waals surface area contributed by atoms with Crippen LogP contribution in [0.5, 0.6) is 17.2 Å². The highest BCUT2D eigenvalue weighted by Gasteiger charge is 2.21. The van der Waals surface area contributed by atoms with Crippen LogP contribution in [0.3, 0.4) is 0 Å². The second-order valence-corrected chi connectivity index (χ2v) is 9.02. The Hall–Kier alpha value is -5.19. The molecular formula is C30H23F3N4O4. The highest BCUT2D eigenvalue weighted by atomic mass is 19.3. The van der Waals surface area contributed by atoms with Crippen molar-refractivity contribution in [3.05, 3.63) is 107 Å². The molecule has 1 amide bonds. The minimum atomic E-state index is -2.73. The first-order chi connectivity index (χ1) is 19.7. The fourth-order valence-corrected chi connectivity index (χ4v) is 4.32. The van der Waals surface area contributed by atoms with Gasteiger partial charge in [0.15, 0.2) is 5.75 Å². The van der Waals surface area contributed by atoms with Gasteiger partial charge in [0.2, 0.25) is 5.43 Å². The Bertz CT molecular complexity index is 1790. The predicted octanol–water partition coefficient (Wildman–Crippen LogP) is 6.22. The van der Waals surface area contributed by atoms with E-state index in [1.807, 2.05) is 0 Å². The average molecular weight is 561 g/mol. The Balaban J connectivity index is 1.41. The summed E-state index contributed by atoms with van der Waals surface area (Å²) in [5, 5.41) is 2.63. The molecule has 5 aromatic rings. The molecule has 0 aliphatic heterocycles. The Labute approximate surface area is 232 Å². The van der Waals surface area contributed by atoms with Crippen LogP contribution in [0.4, 0.5) is 18.9 Å². The summed E-state index contributed by atoms with van der Waals surface area (Å²) in [6.07, 6.45) is 1.52. The van der Waals surface area contributed by atoms with E-state index < -0.39 is 30.1 Å². The first-order valence-electron chi connectivity index (χ1n) is 12.4. The maximum Gasteiger partial charge on any atom is 0.261 e. The summed E-state index contributed by atoms with van der Waals surface area (Å²) in [7, 11) is 1.53. The van der Waals surface area contributed by atoms with Gasteiger partial charge in [0.1, 0.15) is 28.4 Å². The van der Waals surface area contributed by atoms with Crippen molar-refractivity contribution in [3.63, 3.8) is 0 Å². The summed E-state index contributed by atoms with van der Waals surface area (Å²) in [6, 6.07) is 14.8. The number of fused-ring (bicyclic) bond motifs is 1. The summed E-state index contributed by atoms with van der Waals surface area (Å²) in [4.78, 5) is 35.1. The molecule has 208 valence electrons. The Kier molecular flexibility index (Phi) is 7.68. The van der Waals surface area contributed by atoms with E-state index in [1.54, 1.807) is 48.8 Å². The number of nitrogens with zero attached hydrogens (tertiary/aromatic N) is 3. The van der Waals surface area contributed by atoms with Crippen LogP contribution in [-0.2, 0) is 6.54 Å². The number of rotatable bonds is 8. The number of hydrogen-bond donors (Lipinski definition) is 1. The second kappa shape index (κ2) is 11.5. The van der Waals surface area contributed by atoms with Crippen molar-refractivity contribution >= 4 is 22.6 Å². The second-order valence-electron chi connectivity index (χ2n) is 9.02. The van der Waals surface area contributed by atoms with Gasteiger partial charge in [-0.2, -0.15) is 0 Å². The monoisotopic (exact) mass is 560 g/mol. The number of carbonyl (C=O) groups is 1. The molecule has 3 heterocycles. The number of halogens is 3. The standard InChI is InChI=1S/C30H23F3N4O4/c1-17-27(18-3-5-19(31)6-4-18)29(38)23(15-37(17)16-26(32)33)30(39)36-20-7-9-21(10-8-20)41-25-11-12-34-24-13-22(40-2)14-35-28(24)25/h3-15,26H,16H2,1-2H3,(H,36,39). The number of pyridine rings is 3. The number of benzene rings is 2. The summed E-state index contributed by atoms with van der Waals surface area (Å²) in [5.74, 6) is 0.160. The zero-order valence-electron chi connectivity index (χ0n) is 21.9. The summed E-state index contributed by atoms with van der Waals surface area (Å²) >= 11 is 0. The van der Waals surface area contributed by atoms with E-state index in [9.17, 15) is 22.8 Å². The molecule has 0 radical (unpaired) electrons. The Morgan fingerprint density at radius 1 is 1.02 bits per heavy atom. The molecular weight excluding hydrogens is 537 g/mol. The zero-order valence-corrected chi connectivity index (χ0v) is 21.9. The van der Waals surface area contributed by atoms with Crippen LogP contribution in [-0.4, -0.2) is 34.0 Å². The SMILES string of the molecule is COc1cnc2c(Oc3ccc(NC(=O)c4cn(CC(F)F)c(C)c(-c5ccc(F)cc5)c4=O)cc3)ccnc2c1. The van der Waals surface area contributed by atoms with Crippen molar-refractivity contribution in [1.29, 1.82) is 0 Å². The van der Waals surface area contributed by atoms with Gasteiger partial charge >= 0.3 is 0 Å². The van der Waals surface area contributed by atoms with Gasteiger partial charge in [0, 0.05) is 41.5 Å². The van der Waals surface area contributed by atoms with E-state index in [4.69, 9.17) is 9.47 Å². The third-order valence-electron chi connectivity index (χ3n) is 6.35. The molecule has 5 rings (SSSR count). The topological polar surface area (TPSA) is 95.3 Å². The maximum absolute atomic E-state index is 13.5. The number of nitrogens with one attached hydrogen (secondary N) is 1. The number of carbonyl (C=O) groups excluding carboxylic acids is 1. The van der Waals surface area contributed by atoms with Gasteiger partial charge in [-0.05, 0) is 48.9 Å². The van der Waals surface area contributed by atoms with Crippen molar-refractivity contribution in [3.8, 4) is 28.4 Å². The van der Waals surface area contributed by atoms with Crippen LogP contribution < -0.4 is 20.2 Å². The number of ether oxygens (including phenoxy) is 2. The van der Waals surface area contributed by atoms with Gasteiger partial charge in [-0.1, -0.05) is 12.1 Å². The summed E-state index contributed by atoms with van der Waals surface area (Å²) in [5.41, 5.74) is 1.04. The van der Waals surface area contributed by atoms with Crippen molar-refractivity contribution < 1.29 is 27.4 Å². The van der Waals surface area contributed by atoms with E-state index in [0.29, 0.717) is 39.5 Å². The molecule has 2 aromatic carbocycles. The number of aromatic nitrogens is 3. The minimum absolute atomic E-state index is 0.0397. The maximum atomic E-state index is 13.5. The van der Waals surface area contributed by atoms with Crippen LogP contribution >= 0.6 is 0 Å². The van der Waals surface area contributed by atoms with Crippen LogP contribution in [0.1, 0.15) is 16.1 Å². The van der Waals surface area contributed by atoms with Gasteiger partial charge in [0.25, 0.3) is 12.3 Å². The lowest BCUT2D eigenvalue weighted by molar-refractivity contribution is 0.102. The normalized spacial score (nSPS) is 11.1. The Morgan fingerprint density at radius 2 is 1.76 bits per heavy atom. The molecule has 0 fully saturated rings. The molecule has 0 bridgehead atoms. The van der Waals surface area contributed by atoms with E-state index in [0.717, 1.165) is 22.9 Å². The van der Waals surface area contributed by atoms with Gasteiger partial charge in [-0.25, -0.2) is 18.2 Å². The molecule has 0 aliphatic carbocycles. The molecule has 3 aromatic heterocycles. The number of alkyl halides is 2. The predicted molar refractivity (Wildman–Crippen MR) is 147 cm³/mol. The number of anilines is 1. The quantitative estimate of drug-likeness (QED) is 0.242. The van der Waals surface area contributed by atoms with Crippen LogP contribution in [0, 0.1) is 12.7 Å². The van der Waals surface area contributed by atoms with Crippen LogP contribution in [0.2, 0.25) is 0 Å². The van der Waals surface area contributed by atoms with Gasteiger partial charge in [-0.3, -0.25) is 14.6 Å². The Morgan fingerprint density at radius 3 is 2.44 bits per heavy atom. The molecule has 41 heavy (non-hydrogen) atoms. The van der Waals surface area contributed by atoms with Crippen LogP contribution in [0.25, 0.3) is 22.2 Å². The lowest BCUT2D eigenvalue weighted by Crippen LogP contribution is -2.27. The van der Waals surface area contributed by atoms with Crippen LogP contribution in [0.15, 0.2) is 84.0 Å². The number of amides is 1. The first-order valence-corrected chi connectivity index (χ1v) is 12.4. The molecule has 0 spiro atoms. The molecule has 11 heteroatoms. The van der Waals surface area contributed by atoms with Crippen molar-refractivity contribution in [2.24, 2.45) is 0 Å². The van der Waals surface area contributed by atoms with Crippen molar-refractivity contribution in [2.45, 2.75) is 19.9 Å². The third kappa shape index (κ3) is 5.88. The molecule has 0 aliphatic rings. The van der Waals surface area contributed by atoms with Gasteiger partial charge in [-0.15, -0.1) is 0 Å². The molecule has 0 saturated heterocycles. The minimum Gasteiger partial charge on any atom is -0.495 e. The highest BCUT2D eigenvalue weighted by molar-refractivity contribution is 6.04. The first kappa shape index (κ1) is 27.4. The summed E-state index contributed by atoms with van der Waals surface area (Å²) in [6.45, 7) is 0.777. The van der Waals surface area contributed by atoms with E-state index in [1.165, 1.54) is 26.2 Å². The lowest BCUT2D eigenvalue weighted by Gasteiger charge is -2.17. The molecule has 8 nitrogen and oxygen atoms in total. The third-order valence-corrected chi connectivity index (χ3v) is 6.35.